The molecule has 0 unspecified atom stereocenters. The van der Waals surface area contributed by atoms with E-state index in [4.69, 9.17) is 23.2 Å². The molecule has 0 fully saturated rings. The second-order valence-electron chi connectivity index (χ2n) is 6.79. The molecule has 1 heterocycles. The summed E-state index contributed by atoms with van der Waals surface area (Å²) in [6, 6.07) is 10.7. The highest BCUT2D eigenvalue weighted by molar-refractivity contribution is 6.33. The van der Waals surface area contributed by atoms with Crippen molar-refractivity contribution in [2.75, 3.05) is 0 Å². The fourth-order valence-corrected chi connectivity index (χ4v) is 2.97. The highest BCUT2D eigenvalue weighted by Crippen LogP contribution is 2.28. The largest absolute Gasteiger partial charge is 0.352 e. The Bertz CT molecular complexity index is 1130. The van der Waals surface area contributed by atoms with Crippen LogP contribution in [0.3, 0.4) is 0 Å². The molecule has 0 radical (unpaired) electrons. The number of aromatic nitrogens is 2. The van der Waals surface area contributed by atoms with E-state index in [1.165, 1.54) is 18.2 Å². The Morgan fingerprint density at radius 3 is 2.55 bits per heavy atom. The van der Waals surface area contributed by atoms with Crippen molar-refractivity contribution in [2.24, 2.45) is 5.92 Å². The van der Waals surface area contributed by atoms with Gasteiger partial charge in [0.05, 0.1) is 15.7 Å². The highest BCUT2D eigenvalue weighted by Gasteiger charge is 2.13. The van der Waals surface area contributed by atoms with Crippen LogP contribution in [0.4, 0.5) is 4.39 Å². The van der Waals surface area contributed by atoms with Crippen molar-refractivity contribution in [1.29, 1.82) is 0 Å². The van der Waals surface area contributed by atoms with E-state index in [9.17, 15) is 14.0 Å². The average Bonchev–Trinajstić information content (AvgIpc) is 2.68. The summed E-state index contributed by atoms with van der Waals surface area (Å²) in [5, 5.41) is 3.19. The molecule has 0 saturated heterocycles. The molecular weight excluding hydrogens is 416 g/mol. The molecule has 0 spiro atoms. The van der Waals surface area contributed by atoms with Gasteiger partial charge in [0, 0.05) is 29.7 Å². The third kappa shape index (κ3) is 5.02. The molecule has 3 aromatic rings. The summed E-state index contributed by atoms with van der Waals surface area (Å²) >= 11 is 12.0. The van der Waals surface area contributed by atoms with Crippen LogP contribution in [-0.4, -0.2) is 15.9 Å². The van der Waals surface area contributed by atoms with Crippen LogP contribution in [0.15, 0.2) is 47.3 Å². The molecule has 8 heteroatoms. The molecule has 0 aliphatic rings. The zero-order valence-corrected chi connectivity index (χ0v) is 17.2. The number of nitrogens with zero attached hydrogens (tertiary/aromatic N) is 1. The lowest BCUT2D eigenvalue weighted by atomic mass is 10.1. The van der Waals surface area contributed by atoms with Crippen molar-refractivity contribution >= 4 is 29.1 Å². The minimum absolute atomic E-state index is 0.0157. The Hall–Kier alpha value is -2.70. The second kappa shape index (κ2) is 8.76. The van der Waals surface area contributed by atoms with Crippen LogP contribution >= 0.6 is 23.2 Å². The average molecular weight is 434 g/mol. The number of H-pyrrole nitrogens is 1. The van der Waals surface area contributed by atoms with Crippen LogP contribution in [0, 0.1) is 11.7 Å². The van der Waals surface area contributed by atoms with E-state index in [1.807, 2.05) is 13.8 Å². The summed E-state index contributed by atoms with van der Waals surface area (Å²) in [5.74, 6) is -0.561. The molecule has 5 nitrogen and oxygen atoms in total. The molecule has 150 valence electrons. The smallest absolute Gasteiger partial charge is 0.251 e. The van der Waals surface area contributed by atoms with Crippen molar-refractivity contribution < 1.29 is 9.18 Å². The van der Waals surface area contributed by atoms with Crippen molar-refractivity contribution in [3.05, 3.63) is 74.2 Å². The van der Waals surface area contributed by atoms with E-state index in [0.29, 0.717) is 22.7 Å². The van der Waals surface area contributed by atoms with E-state index in [2.05, 4.69) is 15.3 Å². The van der Waals surface area contributed by atoms with Crippen molar-refractivity contribution in [2.45, 2.75) is 20.4 Å². The Labute approximate surface area is 176 Å². The summed E-state index contributed by atoms with van der Waals surface area (Å²) in [4.78, 5) is 31.1. The molecule has 1 aromatic heterocycles. The summed E-state index contributed by atoms with van der Waals surface area (Å²) < 4.78 is 13.8. The van der Waals surface area contributed by atoms with Gasteiger partial charge in [0.25, 0.3) is 5.56 Å². The van der Waals surface area contributed by atoms with Crippen molar-refractivity contribution in [3.63, 3.8) is 0 Å². The van der Waals surface area contributed by atoms with Crippen molar-refractivity contribution in [1.82, 2.24) is 15.3 Å². The van der Waals surface area contributed by atoms with E-state index in [-0.39, 0.29) is 28.4 Å². The first-order valence-corrected chi connectivity index (χ1v) is 9.63. The van der Waals surface area contributed by atoms with Gasteiger partial charge in [-0.25, -0.2) is 9.37 Å². The Morgan fingerprint density at radius 1 is 1.14 bits per heavy atom. The third-order valence-corrected chi connectivity index (χ3v) is 4.87. The van der Waals surface area contributed by atoms with Gasteiger partial charge < -0.3 is 10.3 Å². The number of aromatic amines is 1. The zero-order valence-electron chi connectivity index (χ0n) is 15.7. The zero-order chi connectivity index (χ0) is 21.1. The number of carbonyl (C=O) groups excluding carboxylic acids is 1. The molecule has 0 aliphatic heterocycles. The molecule has 0 saturated carbocycles. The van der Waals surface area contributed by atoms with Crippen LogP contribution < -0.4 is 10.9 Å². The van der Waals surface area contributed by atoms with Gasteiger partial charge in [0.15, 0.2) is 0 Å². The molecule has 3 rings (SSSR count). The highest BCUT2D eigenvalue weighted by atomic mass is 35.5. The SMILES string of the molecule is CC(C)C(=O)NCc1ccc(Cl)c(-c2nc(-c3ccc(Cl)c(F)c3)cc(=O)[nH]2)c1. The van der Waals surface area contributed by atoms with E-state index in [0.717, 1.165) is 5.56 Å². The fraction of sp³-hybridized carbons (Fsp3) is 0.190. The van der Waals surface area contributed by atoms with Crippen LogP contribution in [0.1, 0.15) is 19.4 Å². The Kier molecular flexibility index (Phi) is 6.35. The maximum Gasteiger partial charge on any atom is 0.251 e. The fourth-order valence-electron chi connectivity index (χ4n) is 2.65. The van der Waals surface area contributed by atoms with Gasteiger partial charge in [0.1, 0.15) is 11.6 Å². The first kappa shape index (κ1) is 21.0. The first-order chi connectivity index (χ1) is 13.7. The summed E-state index contributed by atoms with van der Waals surface area (Å²) in [7, 11) is 0. The number of carbonyl (C=O) groups is 1. The lowest BCUT2D eigenvalue weighted by Gasteiger charge is -2.11. The predicted molar refractivity (Wildman–Crippen MR) is 112 cm³/mol. The van der Waals surface area contributed by atoms with Crippen LogP contribution in [0.25, 0.3) is 22.6 Å². The summed E-state index contributed by atoms with van der Waals surface area (Å²) in [5.41, 5.74) is 1.58. The summed E-state index contributed by atoms with van der Waals surface area (Å²) in [6.07, 6.45) is 0. The van der Waals surface area contributed by atoms with Gasteiger partial charge in [0.2, 0.25) is 5.91 Å². The monoisotopic (exact) mass is 433 g/mol. The van der Waals surface area contributed by atoms with Crippen LogP contribution in [0.5, 0.6) is 0 Å². The predicted octanol–water partition coefficient (Wildman–Crippen LogP) is 4.82. The number of amides is 1. The molecule has 1 amide bonds. The van der Waals surface area contributed by atoms with E-state index < -0.39 is 11.4 Å². The van der Waals surface area contributed by atoms with Gasteiger partial charge in [-0.1, -0.05) is 49.2 Å². The van der Waals surface area contributed by atoms with Gasteiger partial charge in [-0.3, -0.25) is 9.59 Å². The molecule has 2 aromatic carbocycles. The molecule has 29 heavy (non-hydrogen) atoms. The van der Waals surface area contributed by atoms with Crippen molar-refractivity contribution in [3.8, 4) is 22.6 Å². The van der Waals surface area contributed by atoms with E-state index >= 15 is 0 Å². The normalized spacial score (nSPS) is 11.0. The Balaban J connectivity index is 1.99. The number of benzene rings is 2. The molecule has 0 bridgehead atoms. The van der Waals surface area contributed by atoms with E-state index in [1.54, 1.807) is 24.3 Å². The number of rotatable bonds is 5. The number of nitrogens with one attached hydrogen (secondary N) is 2. The number of hydrogen-bond donors (Lipinski definition) is 2. The minimum atomic E-state index is -0.603. The van der Waals surface area contributed by atoms with Crippen LogP contribution in [0.2, 0.25) is 10.0 Å². The lowest BCUT2D eigenvalue weighted by Crippen LogP contribution is -2.27. The number of halogens is 3. The quantitative estimate of drug-likeness (QED) is 0.605. The topological polar surface area (TPSA) is 74.8 Å². The van der Waals surface area contributed by atoms with Crippen LogP contribution in [-0.2, 0) is 11.3 Å². The molecule has 2 N–H and O–H groups in total. The van der Waals surface area contributed by atoms with Gasteiger partial charge in [-0.15, -0.1) is 0 Å². The molecule has 0 aliphatic carbocycles. The third-order valence-electron chi connectivity index (χ3n) is 4.23. The number of hydrogen-bond acceptors (Lipinski definition) is 3. The van der Waals surface area contributed by atoms with Gasteiger partial charge in [-0.05, 0) is 29.8 Å². The minimum Gasteiger partial charge on any atom is -0.352 e. The first-order valence-electron chi connectivity index (χ1n) is 8.88. The Morgan fingerprint density at radius 2 is 1.86 bits per heavy atom. The van der Waals surface area contributed by atoms with Gasteiger partial charge in [-0.2, -0.15) is 0 Å². The maximum atomic E-state index is 13.8. The second-order valence-corrected chi connectivity index (χ2v) is 7.61. The van der Waals surface area contributed by atoms with Gasteiger partial charge >= 0.3 is 0 Å². The standard InChI is InChI=1S/C21H18Cl2FN3O2/c1-11(2)21(29)25-10-12-3-5-15(22)14(7-12)20-26-18(9-19(28)27-20)13-4-6-16(23)17(24)8-13/h3-9,11H,10H2,1-2H3,(H,25,29)(H,26,27,28). The summed E-state index contributed by atoms with van der Waals surface area (Å²) in [6.45, 7) is 3.93. The molecular formula is C21H18Cl2FN3O2. The molecule has 0 atom stereocenters. The maximum absolute atomic E-state index is 13.8. The lowest BCUT2D eigenvalue weighted by molar-refractivity contribution is -0.124.